The number of para-hydroxylation sites is 2. The van der Waals surface area contributed by atoms with Gasteiger partial charge in [0.2, 0.25) is 0 Å². The quantitative estimate of drug-likeness (QED) is 0.230. The van der Waals surface area contributed by atoms with Gasteiger partial charge in [0, 0.05) is 20.6 Å². The summed E-state index contributed by atoms with van der Waals surface area (Å²) in [7, 11) is 0. The fourth-order valence-electron chi connectivity index (χ4n) is 2.61. The van der Waals surface area contributed by atoms with Crippen LogP contribution in [-0.4, -0.2) is 21.0 Å². The van der Waals surface area contributed by atoms with Crippen LogP contribution in [0.4, 0.5) is 0 Å². The van der Waals surface area contributed by atoms with Gasteiger partial charge >= 0.3 is 5.97 Å². The third kappa shape index (κ3) is 4.09. The van der Waals surface area contributed by atoms with Crippen molar-refractivity contribution in [1.29, 1.82) is 0 Å². The lowest BCUT2D eigenvalue weighted by Gasteiger charge is -2.02. The van der Waals surface area contributed by atoms with Gasteiger partial charge in [-0.25, -0.2) is 9.78 Å². The van der Waals surface area contributed by atoms with Crippen molar-refractivity contribution in [1.82, 2.24) is 9.97 Å². The first-order valence-electron chi connectivity index (χ1n) is 8.12. The van der Waals surface area contributed by atoms with Crippen LogP contribution in [0.25, 0.3) is 28.4 Å². The van der Waals surface area contributed by atoms with E-state index in [4.69, 9.17) is 4.42 Å². The van der Waals surface area contributed by atoms with Gasteiger partial charge in [0.15, 0.2) is 5.16 Å². The molecule has 0 aliphatic heterocycles. The highest BCUT2D eigenvalue weighted by Gasteiger charge is 2.15. The molecule has 4 rings (SSSR count). The first-order chi connectivity index (χ1) is 13.5. The summed E-state index contributed by atoms with van der Waals surface area (Å²) in [5.41, 5.74) is 2.51. The van der Waals surface area contributed by atoms with E-state index < -0.39 is 5.97 Å². The molecule has 0 amide bonds. The average molecular weight is 520 g/mol. The maximum absolute atomic E-state index is 11.7. The Morgan fingerprint density at radius 1 is 1.14 bits per heavy atom. The number of imidazole rings is 1. The Bertz CT molecular complexity index is 1180. The minimum absolute atomic E-state index is 0.105. The molecular weight excluding hydrogens is 508 g/mol. The molecule has 28 heavy (non-hydrogen) atoms. The van der Waals surface area contributed by atoms with Crippen molar-refractivity contribution in [2.45, 2.75) is 5.16 Å². The Morgan fingerprint density at radius 3 is 2.75 bits per heavy atom. The number of fused-ring (bicyclic) bond motifs is 1. The van der Waals surface area contributed by atoms with E-state index in [2.05, 4.69) is 41.8 Å². The summed E-state index contributed by atoms with van der Waals surface area (Å²) >= 11 is 8.00. The topological polar surface area (TPSA) is 79.1 Å². The van der Waals surface area contributed by atoms with Gasteiger partial charge in [0.05, 0.1) is 11.0 Å². The maximum Gasteiger partial charge on any atom is 0.342 e. The van der Waals surface area contributed by atoms with Gasteiger partial charge in [0.25, 0.3) is 0 Å². The van der Waals surface area contributed by atoms with E-state index in [1.54, 1.807) is 6.07 Å². The zero-order valence-electron chi connectivity index (χ0n) is 14.1. The monoisotopic (exact) mass is 518 g/mol. The maximum atomic E-state index is 11.7. The molecule has 2 heterocycles. The van der Waals surface area contributed by atoms with Crippen LogP contribution in [0.15, 0.2) is 78.0 Å². The average Bonchev–Trinajstić information content (AvgIpc) is 3.29. The van der Waals surface area contributed by atoms with Crippen molar-refractivity contribution >= 4 is 66.7 Å². The van der Waals surface area contributed by atoms with Crippen molar-refractivity contribution in [2.75, 3.05) is 0 Å². The number of rotatable bonds is 5. The van der Waals surface area contributed by atoms with Crippen molar-refractivity contribution in [3.8, 4) is 11.3 Å². The fraction of sp³-hybridized carbons (Fsp3) is 0. The van der Waals surface area contributed by atoms with Crippen LogP contribution < -0.4 is 0 Å². The lowest BCUT2D eigenvalue weighted by molar-refractivity contribution is -0.131. The van der Waals surface area contributed by atoms with Crippen LogP contribution in [-0.2, 0) is 4.79 Å². The molecule has 2 aromatic carbocycles. The van der Waals surface area contributed by atoms with Gasteiger partial charge in [-0.2, -0.15) is 0 Å². The predicted octanol–water partition coefficient (Wildman–Crippen LogP) is 6.57. The number of carboxylic acids is 1. The Kier molecular flexibility index (Phi) is 5.43. The number of carbonyl (C=O) groups is 1. The molecular formula is C20H12Br2N2O3S. The number of hydrogen-bond donors (Lipinski definition) is 2. The summed E-state index contributed by atoms with van der Waals surface area (Å²) in [6.45, 7) is 0. The SMILES string of the molecule is O=C(O)/C(=C\c1ccc(-c2cc(Br)ccc2Br)o1)Sc1nc2ccccc2[nH]1. The summed E-state index contributed by atoms with van der Waals surface area (Å²) in [6, 6.07) is 16.9. The van der Waals surface area contributed by atoms with E-state index in [0.717, 1.165) is 37.3 Å². The Morgan fingerprint density at radius 2 is 1.96 bits per heavy atom. The van der Waals surface area contributed by atoms with E-state index in [0.29, 0.717) is 16.7 Å². The summed E-state index contributed by atoms with van der Waals surface area (Å²) in [6.07, 6.45) is 1.50. The first-order valence-corrected chi connectivity index (χ1v) is 10.5. The third-order valence-electron chi connectivity index (χ3n) is 3.88. The van der Waals surface area contributed by atoms with E-state index >= 15 is 0 Å². The number of aromatic nitrogens is 2. The number of carboxylic acid groups (broad SMARTS) is 1. The number of furan rings is 1. The molecule has 0 aliphatic rings. The van der Waals surface area contributed by atoms with Crippen LogP contribution in [0.1, 0.15) is 5.76 Å². The fourth-order valence-corrected chi connectivity index (χ4v) is 4.19. The second-order valence-electron chi connectivity index (χ2n) is 5.80. The Balaban J connectivity index is 1.64. The van der Waals surface area contributed by atoms with Crippen LogP contribution in [0.2, 0.25) is 0 Å². The van der Waals surface area contributed by atoms with Gasteiger partial charge in [-0.05, 0) is 54.2 Å². The predicted molar refractivity (Wildman–Crippen MR) is 117 cm³/mol. The first kappa shape index (κ1) is 19.0. The highest BCUT2D eigenvalue weighted by molar-refractivity contribution is 9.11. The zero-order valence-corrected chi connectivity index (χ0v) is 18.1. The lowest BCUT2D eigenvalue weighted by Crippen LogP contribution is -1.96. The summed E-state index contributed by atoms with van der Waals surface area (Å²) in [5, 5.41) is 10.1. The zero-order chi connectivity index (χ0) is 19.7. The molecule has 0 saturated carbocycles. The molecule has 0 unspecified atom stereocenters. The van der Waals surface area contributed by atoms with E-state index in [-0.39, 0.29) is 4.91 Å². The highest BCUT2D eigenvalue weighted by atomic mass is 79.9. The smallest absolute Gasteiger partial charge is 0.342 e. The normalized spacial score (nSPS) is 11.9. The molecule has 0 spiro atoms. The van der Waals surface area contributed by atoms with Gasteiger partial charge < -0.3 is 14.5 Å². The van der Waals surface area contributed by atoms with Crippen LogP contribution in [0.3, 0.4) is 0 Å². The molecule has 4 aromatic rings. The number of H-pyrrole nitrogens is 1. The number of nitrogens with zero attached hydrogens (tertiary/aromatic N) is 1. The van der Waals surface area contributed by atoms with E-state index in [9.17, 15) is 9.90 Å². The van der Waals surface area contributed by atoms with Crippen LogP contribution >= 0.6 is 43.6 Å². The van der Waals surface area contributed by atoms with E-state index in [1.807, 2.05) is 48.5 Å². The molecule has 2 N–H and O–H groups in total. The molecule has 0 bridgehead atoms. The summed E-state index contributed by atoms with van der Waals surface area (Å²) in [5.74, 6) is 0.0350. The van der Waals surface area contributed by atoms with Crippen molar-refractivity contribution in [2.24, 2.45) is 0 Å². The second-order valence-corrected chi connectivity index (χ2v) is 8.60. The summed E-state index contributed by atoms with van der Waals surface area (Å²) < 4.78 is 7.66. The molecule has 0 fully saturated rings. The number of aliphatic carboxylic acids is 1. The Labute approximate surface area is 181 Å². The van der Waals surface area contributed by atoms with E-state index in [1.165, 1.54) is 6.08 Å². The lowest BCUT2D eigenvalue weighted by atomic mass is 10.2. The van der Waals surface area contributed by atoms with Crippen LogP contribution in [0.5, 0.6) is 0 Å². The van der Waals surface area contributed by atoms with Crippen molar-refractivity contribution < 1.29 is 14.3 Å². The number of halogens is 2. The van der Waals surface area contributed by atoms with Gasteiger partial charge in [-0.3, -0.25) is 0 Å². The molecule has 5 nitrogen and oxygen atoms in total. The second kappa shape index (κ2) is 7.98. The molecule has 140 valence electrons. The Hall–Kier alpha value is -2.29. The van der Waals surface area contributed by atoms with Gasteiger partial charge in [0.1, 0.15) is 16.4 Å². The van der Waals surface area contributed by atoms with Crippen LogP contribution in [0, 0.1) is 0 Å². The highest BCUT2D eigenvalue weighted by Crippen LogP contribution is 2.34. The minimum atomic E-state index is -1.05. The molecule has 0 radical (unpaired) electrons. The number of benzene rings is 2. The summed E-state index contributed by atoms with van der Waals surface area (Å²) in [4.78, 5) is 19.3. The number of nitrogens with one attached hydrogen (secondary N) is 1. The number of hydrogen-bond acceptors (Lipinski definition) is 4. The van der Waals surface area contributed by atoms with Crippen molar-refractivity contribution in [3.05, 3.63) is 74.2 Å². The molecule has 0 atom stereocenters. The number of thioether (sulfide) groups is 1. The molecule has 0 saturated heterocycles. The minimum Gasteiger partial charge on any atom is -0.477 e. The number of aromatic amines is 1. The van der Waals surface area contributed by atoms with Crippen molar-refractivity contribution in [3.63, 3.8) is 0 Å². The molecule has 8 heteroatoms. The largest absolute Gasteiger partial charge is 0.477 e. The standard InChI is InChI=1S/C20H12Br2N2O3S/c21-11-5-7-14(22)13(9-11)17-8-6-12(27-17)10-18(19(25)26)28-20-23-15-3-1-2-4-16(15)24-20/h1-10H,(H,23,24)(H,25,26)/b18-10+. The van der Waals surface area contributed by atoms with Gasteiger partial charge in [-0.15, -0.1) is 0 Å². The van der Waals surface area contributed by atoms with Gasteiger partial charge in [-0.1, -0.05) is 44.0 Å². The third-order valence-corrected chi connectivity index (χ3v) is 5.96. The molecule has 0 aliphatic carbocycles. The molecule has 2 aromatic heterocycles.